The molecule has 1 atom stereocenters. The van der Waals surface area contributed by atoms with Crippen molar-refractivity contribution in [3.05, 3.63) is 0 Å². The first-order chi connectivity index (χ1) is 7.51. The molecule has 0 amide bonds. The Morgan fingerprint density at radius 3 is 2.00 bits per heavy atom. The molecule has 1 unspecified atom stereocenters. The van der Waals surface area contributed by atoms with Crippen LogP contribution in [0.3, 0.4) is 0 Å². The highest BCUT2D eigenvalue weighted by Crippen LogP contribution is 2.20. The molecule has 0 aliphatic rings. The summed E-state index contributed by atoms with van der Waals surface area (Å²) >= 11 is 0. The summed E-state index contributed by atoms with van der Waals surface area (Å²) in [6, 6.07) is 0.756. The van der Waals surface area contributed by atoms with Gasteiger partial charge in [-0.1, -0.05) is 13.3 Å². The van der Waals surface area contributed by atoms with Crippen molar-refractivity contribution in [3.8, 4) is 0 Å². The predicted molar refractivity (Wildman–Crippen MR) is 65.3 cm³/mol. The van der Waals surface area contributed by atoms with Crippen molar-refractivity contribution in [2.24, 2.45) is 0 Å². The summed E-state index contributed by atoms with van der Waals surface area (Å²) in [4.78, 5) is 11.2. The Morgan fingerprint density at radius 2 is 1.69 bits per heavy atom. The van der Waals surface area contributed by atoms with Crippen LogP contribution >= 0.6 is 0 Å². The largest absolute Gasteiger partial charge is 0.501 e. The normalized spacial score (nSPS) is 13.8. The lowest BCUT2D eigenvalue weighted by Gasteiger charge is -2.30. The average molecular weight is 248 g/mol. The van der Waals surface area contributed by atoms with Crippen LogP contribution in [0.2, 0.25) is 6.04 Å². The van der Waals surface area contributed by atoms with Crippen molar-refractivity contribution in [1.82, 2.24) is 0 Å². The minimum atomic E-state index is -2.64. The molecular weight excluding hydrogens is 224 g/mol. The van der Waals surface area contributed by atoms with Gasteiger partial charge in [0.05, 0.1) is 0 Å². The second-order valence-electron chi connectivity index (χ2n) is 3.67. The number of rotatable bonds is 9. The second-order valence-corrected chi connectivity index (χ2v) is 6.35. The summed E-state index contributed by atoms with van der Waals surface area (Å²) in [5.74, 6) is 0.00684. The van der Waals surface area contributed by atoms with E-state index < -0.39 is 14.9 Å². The first kappa shape index (κ1) is 15.8. The van der Waals surface area contributed by atoms with E-state index in [-0.39, 0.29) is 5.78 Å². The van der Waals surface area contributed by atoms with Crippen LogP contribution in [0.1, 0.15) is 41.0 Å². The van der Waals surface area contributed by atoms with Gasteiger partial charge in [-0.15, -0.1) is 0 Å². The third-order valence-corrected chi connectivity index (χ3v) is 5.50. The van der Waals surface area contributed by atoms with Crippen molar-refractivity contribution in [2.75, 3.05) is 13.2 Å². The summed E-state index contributed by atoms with van der Waals surface area (Å²) in [6.07, 6.45) is 0.480. The lowest BCUT2D eigenvalue weighted by atomic mass is 10.3. The number of carbonyl (C=O) groups excluding carboxylic acids is 1. The summed E-state index contributed by atoms with van der Waals surface area (Å²) in [5.41, 5.74) is 0. The van der Waals surface area contributed by atoms with Gasteiger partial charge in [0, 0.05) is 19.3 Å². The number of carbonyl (C=O) groups is 1. The smallest absolute Gasteiger partial charge is 0.374 e. The quantitative estimate of drug-likeness (QED) is 0.588. The lowest BCUT2D eigenvalue weighted by Crippen LogP contribution is -2.49. The van der Waals surface area contributed by atoms with Gasteiger partial charge in [0.1, 0.15) is 6.10 Å². The van der Waals surface area contributed by atoms with Crippen LogP contribution in [0, 0.1) is 0 Å². The first-order valence-electron chi connectivity index (χ1n) is 5.97. The Bertz CT molecular complexity index is 191. The molecule has 0 aliphatic heterocycles. The van der Waals surface area contributed by atoms with Crippen molar-refractivity contribution in [1.29, 1.82) is 0 Å². The van der Waals surface area contributed by atoms with Gasteiger partial charge in [-0.2, -0.15) is 0 Å². The van der Waals surface area contributed by atoms with E-state index in [0.29, 0.717) is 13.2 Å². The number of hydrogen-bond donors (Lipinski definition) is 0. The summed E-state index contributed by atoms with van der Waals surface area (Å²) in [7, 11) is -2.64. The Balaban J connectivity index is 4.64. The van der Waals surface area contributed by atoms with Crippen LogP contribution < -0.4 is 0 Å². The zero-order valence-electron chi connectivity index (χ0n) is 11.0. The van der Waals surface area contributed by atoms with Gasteiger partial charge in [0.2, 0.25) is 0 Å². The molecule has 0 bridgehead atoms. The van der Waals surface area contributed by atoms with E-state index in [2.05, 4.69) is 6.92 Å². The summed E-state index contributed by atoms with van der Waals surface area (Å²) < 4.78 is 17.1. The van der Waals surface area contributed by atoms with Crippen LogP contribution in [-0.4, -0.2) is 33.9 Å². The Kier molecular flexibility index (Phi) is 7.83. The Labute approximate surface area is 99.6 Å². The Hall–Kier alpha value is -0.233. The molecule has 0 aromatic rings. The maximum Gasteiger partial charge on any atom is 0.501 e. The molecule has 0 aliphatic carbocycles. The molecule has 0 heterocycles. The SMILES string of the molecule is CCC[Si](OCC)(OCC)OC(C)C(C)=O. The molecule has 0 N–H and O–H groups in total. The molecule has 96 valence electrons. The van der Waals surface area contributed by atoms with E-state index in [1.54, 1.807) is 6.92 Å². The van der Waals surface area contributed by atoms with Crippen LogP contribution in [0.15, 0.2) is 0 Å². The highest BCUT2D eigenvalue weighted by Gasteiger charge is 2.41. The molecule has 5 heteroatoms. The molecule has 0 aromatic carbocycles. The van der Waals surface area contributed by atoms with Crippen molar-refractivity contribution in [2.45, 2.75) is 53.2 Å². The summed E-state index contributed by atoms with van der Waals surface area (Å²) in [5, 5.41) is 0. The molecule has 0 saturated carbocycles. The van der Waals surface area contributed by atoms with E-state index in [4.69, 9.17) is 13.3 Å². The minimum absolute atomic E-state index is 0.00684. The van der Waals surface area contributed by atoms with Crippen LogP contribution in [-0.2, 0) is 18.1 Å². The molecule has 16 heavy (non-hydrogen) atoms. The number of ketones is 1. The molecule has 0 rings (SSSR count). The highest BCUT2D eigenvalue weighted by atomic mass is 28.4. The van der Waals surface area contributed by atoms with E-state index in [1.165, 1.54) is 6.92 Å². The highest BCUT2D eigenvalue weighted by molar-refractivity contribution is 6.60. The zero-order valence-corrected chi connectivity index (χ0v) is 12.0. The van der Waals surface area contributed by atoms with Crippen LogP contribution in [0.5, 0.6) is 0 Å². The van der Waals surface area contributed by atoms with Gasteiger partial charge in [-0.3, -0.25) is 4.79 Å². The molecule has 0 fully saturated rings. The van der Waals surface area contributed by atoms with E-state index >= 15 is 0 Å². The van der Waals surface area contributed by atoms with Gasteiger partial charge in [0.15, 0.2) is 5.78 Å². The molecule has 0 radical (unpaired) electrons. The molecule has 4 nitrogen and oxygen atoms in total. The molecular formula is C11H24O4Si. The monoisotopic (exact) mass is 248 g/mol. The number of Topliss-reactive ketones (excluding diaryl/α,β-unsaturated/α-hetero) is 1. The fourth-order valence-corrected chi connectivity index (χ4v) is 4.23. The zero-order chi connectivity index (χ0) is 12.6. The summed E-state index contributed by atoms with van der Waals surface area (Å²) in [6.45, 7) is 10.3. The third-order valence-electron chi connectivity index (χ3n) is 2.21. The molecule has 0 aromatic heterocycles. The van der Waals surface area contributed by atoms with Gasteiger partial charge in [-0.05, 0) is 27.7 Å². The van der Waals surface area contributed by atoms with Crippen molar-refractivity contribution in [3.63, 3.8) is 0 Å². The fourth-order valence-electron chi connectivity index (χ4n) is 1.41. The lowest BCUT2D eigenvalue weighted by molar-refractivity contribution is -0.125. The van der Waals surface area contributed by atoms with Gasteiger partial charge < -0.3 is 13.3 Å². The van der Waals surface area contributed by atoms with Gasteiger partial charge in [0.25, 0.3) is 0 Å². The van der Waals surface area contributed by atoms with Gasteiger partial charge in [-0.25, -0.2) is 0 Å². The van der Waals surface area contributed by atoms with Crippen LogP contribution in [0.25, 0.3) is 0 Å². The maximum absolute atomic E-state index is 11.2. The maximum atomic E-state index is 11.2. The minimum Gasteiger partial charge on any atom is -0.374 e. The van der Waals surface area contributed by atoms with Crippen LogP contribution in [0.4, 0.5) is 0 Å². The van der Waals surface area contributed by atoms with E-state index in [1.807, 2.05) is 13.8 Å². The number of hydrogen-bond acceptors (Lipinski definition) is 4. The third kappa shape index (κ3) is 5.20. The average Bonchev–Trinajstić information content (AvgIpc) is 2.18. The topological polar surface area (TPSA) is 44.8 Å². The molecule has 0 spiro atoms. The second kappa shape index (κ2) is 7.95. The Morgan fingerprint density at radius 1 is 1.19 bits per heavy atom. The first-order valence-corrected chi connectivity index (χ1v) is 7.90. The van der Waals surface area contributed by atoms with E-state index in [9.17, 15) is 4.79 Å². The van der Waals surface area contributed by atoms with Crippen molar-refractivity contribution < 1.29 is 18.1 Å². The standard InChI is InChI=1S/C11H24O4Si/c1-6-9-16(13-7-2,14-8-3)15-11(5)10(4)12/h11H,6-9H2,1-5H3. The van der Waals surface area contributed by atoms with E-state index in [0.717, 1.165) is 12.5 Å². The van der Waals surface area contributed by atoms with Crippen molar-refractivity contribution >= 4 is 14.6 Å². The van der Waals surface area contributed by atoms with Gasteiger partial charge >= 0.3 is 8.80 Å². The fraction of sp³-hybridized carbons (Fsp3) is 0.909. The predicted octanol–water partition coefficient (Wildman–Crippen LogP) is 2.40. The molecule has 0 saturated heterocycles.